The van der Waals surface area contributed by atoms with Crippen LogP contribution in [0.4, 0.5) is 17.1 Å². The van der Waals surface area contributed by atoms with Crippen LogP contribution >= 0.6 is 31.9 Å². The molecular weight excluding hydrogens is 1500 g/mol. The fraction of sp³-hybridized carbons (Fsp3) is 0.250. The van der Waals surface area contributed by atoms with E-state index in [0.29, 0.717) is 58.1 Å². The summed E-state index contributed by atoms with van der Waals surface area (Å²) < 4.78 is 38.0. The van der Waals surface area contributed by atoms with Crippen molar-refractivity contribution in [3.8, 4) is 61.4 Å². The van der Waals surface area contributed by atoms with Crippen LogP contribution in [-0.4, -0.2) is 111 Å². The maximum atomic E-state index is 12.4. The molecule has 0 bridgehead atoms. The molecule has 555 valence electrons. The lowest BCUT2D eigenvalue weighted by molar-refractivity contribution is -0.385. The molecule has 0 amide bonds. The first-order chi connectivity index (χ1) is 52.1. The molecule has 3 aromatic heterocycles. The highest BCUT2D eigenvalue weighted by atomic mass is 79.9. The lowest BCUT2D eigenvalue weighted by Crippen LogP contribution is -2.35. The molecule has 3 aliphatic heterocycles. The molecule has 0 spiro atoms. The number of fused-ring (bicyclic) bond motifs is 3. The zero-order valence-corrected chi connectivity index (χ0v) is 64.0. The van der Waals surface area contributed by atoms with E-state index in [1.807, 2.05) is 76.2 Å². The molecule has 0 atom stereocenters. The molecule has 15 rings (SSSR count). The summed E-state index contributed by atoms with van der Waals surface area (Å²) in [6, 6.07) is 55.0. The Bertz CT molecular complexity index is 5360. The highest BCUT2D eigenvalue weighted by Crippen LogP contribution is 2.42. The van der Waals surface area contributed by atoms with E-state index in [4.69, 9.17) is 42.9 Å². The van der Waals surface area contributed by atoms with Crippen molar-refractivity contribution >= 4 is 89.5 Å². The summed E-state index contributed by atoms with van der Waals surface area (Å²) in [6.45, 7) is 24.7. The Balaban J connectivity index is 0.000000147. The summed E-state index contributed by atoms with van der Waals surface area (Å²) >= 11 is 6.86. The van der Waals surface area contributed by atoms with E-state index in [-0.39, 0.29) is 17.0 Å². The Hall–Kier alpha value is -10.2. The summed E-state index contributed by atoms with van der Waals surface area (Å²) in [4.78, 5) is 62.8. The third-order valence-electron chi connectivity index (χ3n) is 18.9. The molecule has 21 nitrogen and oxygen atoms in total. The molecule has 3 fully saturated rings. The molecular formula is C84H82BBr2N6O15. The minimum absolute atomic E-state index is 0.0206. The van der Waals surface area contributed by atoms with E-state index in [2.05, 4.69) is 109 Å². The lowest BCUT2D eigenvalue weighted by atomic mass is 9.89. The van der Waals surface area contributed by atoms with Gasteiger partial charge in [0.1, 0.15) is 16.7 Å². The first-order valence-corrected chi connectivity index (χ1v) is 37.2. The monoisotopic (exact) mass is 1580 g/mol. The van der Waals surface area contributed by atoms with Gasteiger partial charge >= 0.3 is 24.6 Å². The number of rotatable bonds is 14. The number of alkyl halides is 1. The van der Waals surface area contributed by atoms with Crippen molar-refractivity contribution in [1.82, 2.24) is 15.1 Å². The van der Waals surface area contributed by atoms with Crippen molar-refractivity contribution < 1.29 is 47.0 Å². The third-order valence-corrected chi connectivity index (χ3v) is 20.8. The van der Waals surface area contributed by atoms with Crippen LogP contribution in [0.5, 0.6) is 5.75 Å². The molecule has 0 saturated carbocycles. The number of nitrogens with zero attached hydrogens (tertiary/aromatic N) is 4. The van der Waals surface area contributed by atoms with Gasteiger partial charge < -0.3 is 48.2 Å². The highest BCUT2D eigenvalue weighted by molar-refractivity contribution is 9.10. The van der Waals surface area contributed by atoms with Gasteiger partial charge in [-0.15, -0.1) is 0 Å². The number of hydrogen-bond acceptors (Lipinski definition) is 19. The van der Waals surface area contributed by atoms with Crippen LogP contribution in [0.15, 0.2) is 214 Å². The lowest BCUT2D eigenvalue weighted by Gasteiger charge is -2.26. The maximum absolute atomic E-state index is 12.4. The molecule has 6 heterocycles. The summed E-state index contributed by atoms with van der Waals surface area (Å²) in [5.41, 5.74) is 25.2. The van der Waals surface area contributed by atoms with Gasteiger partial charge in [-0.05, 0) is 173 Å². The number of nitrogen functional groups attached to an aromatic ring is 1. The van der Waals surface area contributed by atoms with Gasteiger partial charge in [0.05, 0.1) is 55.2 Å². The Kier molecular flexibility index (Phi) is 27.0. The summed E-state index contributed by atoms with van der Waals surface area (Å²) in [7, 11) is 0.670. The molecule has 3 aliphatic rings. The van der Waals surface area contributed by atoms with E-state index in [1.54, 1.807) is 48.5 Å². The van der Waals surface area contributed by atoms with Crippen molar-refractivity contribution in [2.75, 3.05) is 84.6 Å². The van der Waals surface area contributed by atoms with Gasteiger partial charge in [-0.1, -0.05) is 129 Å². The number of nitrogens with two attached hydrogens (primary N) is 1. The topological polar surface area (TPSA) is 279 Å². The Labute approximate surface area is 641 Å². The summed E-state index contributed by atoms with van der Waals surface area (Å²) in [5, 5.41) is 37.1. The van der Waals surface area contributed by atoms with E-state index < -0.39 is 21.1 Å². The third kappa shape index (κ3) is 19.7. The number of nitro groups is 2. The van der Waals surface area contributed by atoms with Crippen LogP contribution in [0.1, 0.15) is 50.1 Å². The fourth-order valence-corrected chi connectivity index (χ4v) is 14.4. The van der Waals surface area contributed by atoms with Crippen molar-refractivity contribution in [3.05, 3.63) is 288 Å². The van der Waals surface area contributed by atoms with E-state index in [1.165, 1.54) is 58.7 Å². The molecule has 4 N–H and O–H groups in total. The number of morpholine rings is 3. The molecule has 108 heavy (non-hydrogen) atoms. The van der Waals surface area contributed by atoms with Gasteiger partial charge in [-0.2, -0.15) is 0 Å². The van der Waals surface area contributed by atoms with Gasteiger partial charge in [0, 0.05) is 143 Å². The average molecular weight is 1590 g/mol. The van der Waals surface area contributed by atoms with Crippen LogP contribution < -0.4 is 32.6 Å². The van der Waals surface area contributed by atoms with E-state index in [0.717, 1.165) is 179 Å². The number of aryl methyl sites for hydroxylation is 6. The number of ether oxygens (including phenoxy) is 3. The average Bonchev–Trinajstić information content (AvgIpc) is 0.768. The summed E-state index contributed by atoms with van der Waals surface area (Å²) in [6.07, 6.45) is 0. The molecule has 3 saturated heterocycles. The highest BCUT2D eigenvalue weighted by Gasteiger charge is 2.22. The van der Waals surface area contributed by atoms with Crippen molar-refractivity contribution in [2.45, 2.75) is 60.0 Å². The molecule has 9 aromatic carbocycles. The zero-order chi connectivity index (χ0) is 76.5. The van der Waals surface area contributed by atoms with Gasteiger partial charge in [0.25, 0.3) is 11.4 Å². The SMILES string of the molecule is C1COCCN1.Cc1cc2oc(=O)cc(-c3ccc(N)cc3)c2c(C)c1-c1ccc(CN2CCOCC2)cc1.Cc1cc2oc(=O)cc(-c3cccc([N+](=O)[O-])c3)c2c(C)c1-c1ccc(CN2CCOCC2)cc1.Cc1cc2oc(=O)cc(-c3cccc([N+](=O)[O-])c3)c2c(C)c1Br.O[B]Oc1ccc(CBr)cc1. The van der Waals surface area contributed by atoms with Gasteiger partial charge in [0.15, 0.2) is 0 Å². The van der Waals surface area contributed by atoms with Crippen molar-refractivity contribution in [2.24, 2.45) is 0 Å². The van der Waals surface area contributed by atoms with Crippen molar-refractivity contribution in [3.63, 3.8) is 0 Å². The predicted molar refractivity (Wildman–Crippen MR) is 432 cm³/mol. The first-order valence-electron chi connectivity index (χ1n) is 35.2. The van der Waals surface area contributed by atoms with Gasteiger partial charge in [0.2, 0.25) is 0 Å². The molecule has 12 aromatic rings. The Morgan fingerprint density at radius 2 is 0.861 bits per heavy atom. The van der Waals surface area contributed by atoms with Crippen molar-refractivity contribution in [1.29, 1.82) is 0 Å². The number of benzene rings is 9. The maximum Gasteiger partial charge on any atom is 0.569 e. The Morgan fingerprint density at radius 1 is 0.481 bits per heavy atom. The Morgan fingerprint density at radius 3 is 1.24 bits per heavy atom. The molecule has 0 aliphatic carbocycles. The number of nitro benzene ring substituents is 2. The van der Waals surface area contributed by atoms with E-state index in [9.17, 15) is 34.6 Å². The molecule has 0 unspecified atom stereocenters. The predicted octanol–water partition coefficient (Wildman–Crippen LogP) is 16.5. The van der Waals surface area contributed by atoms with Gasteiger partial charge in [-0.3, -0.25) is 30.0 Å². The minimum Gasteiger partial charge on any atom is -0.537 e. The zero-order valence-electron chi connectivity index (χ0n) is 60.8. The van der Waals surface area contributed by atoms with Gasteiger partial charge in [-0.25, -0.2) is 14.4 Å². The van der Waals surface area contributed by atoms with Crippen LogP contribution in [-0.2, 0) is 32.6 Å². The number of anilines is 1. The first kappa shape index (κ1) is 78.8. The fourth-order valence-electron chi connectivity index (χ4n) is 13.7. The second kappa shape index (κ2) is 37.0. The molecule has 1 radical (unpaired) electrons. The standard InChI is InChI=1S/C28H26N2O5.C28H28N2O3.C17H12BrNO4.C7H7BBrO2.C4H9NO/c1-18-14-25-28(24(16-26(31)35-25)22-4-3-5-23(15-22)30(32)33)19(2)27(18)21-8-6-20(7-9-21)17-29-10-12-34-13-11-29;1-18-15-25-28(24(16-26(31)33-25)21-7-9-23(29)10-8-21)19(2)27(18)22-5-3-20(4-6-22)17-30-11-13-32-14-12-30;1-9-6-14-16(10(2)17(9)18)13(8-15(20)23-14)11-4-3-5-12(7-11)19(21)22;9-5-6-1-3-7(4-2-6)11-8-10;1-3-6-4-2-5-1/h3-9,14-16H,10-13,17H2,1-2H3;3-10,15-16H,11-14,17,29H2,1-2H3;3-8H,1-2H3;1-4,10H,5H2;5H,1-4H2. The smallest absolute Gasteiger partial charge is 0.537 e. The van der Waals surface area contributed by atoms with E-state index >= 15 is 0 Å². The number of halogens is 2. The molecule has 24 heteroatoms. The normalized spacial score (nSPS) is 13.7. The largest absolute Gasteiger partial charge is 0.569 e. The number of hydrogen-bond donors (Lipinski definition) is 3. The summed E-state index contributed by atoms with van der Waals surface area (Å²) in [5.74, 6) is 0.636. The second-order valence-corrected chi connectivity index (χ2v) is 27.7. The number of nitrogens with one attached hydrogen (secondary N) is 1. The van der Waals surface area contributed by atoms with Crippen LogP contribution in [0.25, 0.3) is 88.5 Å². The second-order valence-electron chi connectivity index (χ2n) is 26.3. The van der Waals surface area contributed by atoms with Crippen LogP contribution in [0.2, 0.25) is 0 Å². The quantitative estimate of drug-likeness (QED) is 0.0228. The van der Waals surface area contributed by atoms with Crippen LogP contribution in [0.3, 0.4) is 0 Å². The number of non-ortho nitro benzene ring substituents is 2. The van der Waals surface area contributed by atoms with Crippen LogP contribution in [0, 0.1) is 61.8 Å². The minimum atomic E-state index is -0.488.